The SMILES string of the molecule is COc1ccc(CN(C(=N)CCc2ccccc2)C(=N)CNC(=O)Cc2cccnc2)cc1. The topological polar surface area (TPSA) is 102 Å². The molecule has 2 aromatic carbocycles. The minimum Gasteiger partial charge on any atom is -0.497 e. The molecule has 7 nitrogen and oxygen atoms in total. The summed E-state index contributed by atoms with van der Waals surface area (Å²) in [5.74, 6) is 1.07. The fraction of sp³-hybridized carbons (Fsp3) is 0.231. The Kier molecular flexibility index (Phi) is 8.71. The van der Waals surface area contributed by atoms with Crippen molar-refractivity contribution in [3.05, 3.63) is 95.8 Å². The highest BCUT2D eigenvalue weighted by molar-refractivity contribution is 6.00. The number of amides is 1. The number of rotatable bonds is 10. The minimum atomic E-state index is -0.187. The van der Waals surface area contributed by atoms with Gasteiger partial charge in [0.2, 0.25) is 5.91 Å². The zero-order valence-electron chi connectivity index (χ0n) is 18.8. The van der Waals surface area contributed by atoms with E-state index >= 15 is 0 Å². The van der Waals surface area contributed by atoms with Gasteiger partial charge in [-0.1, -0.05) is 48.5 Å². The summed E-state index contributed by atoms with van der Waals surface area (Å²) in [6.45, 7) is 0.415. The molecule has 0 unspecified atom stereocenters. The molecule has 3 rings (SSSR count). The van der Waals surface area contributed by atoms with Crippen LogP contribution in [-0.2, 0) is 24.2 Å². The van der Waals surface area contributed by atoms with Crippen LogP contribution in [0.2, 0.25) is 0 Å². The van der Waals surface area contributed by atoms with Gasteiger partial charge in [-0.05, 0) is 41.3 Å². The number of ether oxygens (including phenoxy) is 1. The maximum absolute atomic E-state index is 12.3. The van der Waals surface area contributed by atoms with E-state index in [-0.39, 0.29) is 24.7 Å². The van der Waals surface area contributed by atoms with Gasteiger partial charge in [-0.15, -0.1) is 0 Å². The number of carbonyl (C=O) groups is 1. The van der Waals surface area contributed by atoms with Gasteiger partial charge in [0, 0.05) is 18.8 Å². The molecule has 170 valence electrons. The molecule has 1 aromatic heterocycles. The second-order valence-electron chi connectivity index (χ2n) is 7.63. The summed E-state index contributed by atoms with van der Waals surface area (Å²) in [5, 5.41) is 20.0. The van der Waals surface area contributed by atoms with Crippen molar-refractivity contribution in [1.82, 2.24) is 15.2 Å². The Balaban J connectivity index is 1.64. The number of hydrogen-bond donors (Lipinski definition) is 3. The zero-order valence-corrected chi connectivity index (χ0v) is 18.8. The third-order valence-corrected chi connectivity index (χ3v) is 5.19. The second kappa shape index (κ2) is 12.1. The van der Waals surface area contributed by atoms with Crippen LogP contribution in [0.5, 0.6) is 5.75 Å². The van der Waals surface area contributed by atoms with Crippen molar-refractivity contribution in [3.63, 3.8) is 0 Å². The summed E-state index contributed by atoms with van der Waals surface area (Å²) in [7, 11) is 1.62. The van der Waals surface area contributed by atoms with E-state index in [2.05, 4.69) is 10.3 Å². The van der Waals surface area contributed by atoms with Crippen LogP contribution in [0.25, 0.3) is 0 Å². The number of nitrogens with one attached hydrogen (secondary N) is 3. The average Bonchev–Trinajstić information content (AvgIpc) is 2.86. The molecule has 1 heterocycles. The zero-order chi connectivity index (χ0) is 23.5. The summed E-state index contributed by atoms with van der Waals surface area (Å²) in [6.07, 6.45) is 4.71. The maximum Gasteiger partial charge on any atom is 0.224 e. The van der Waals surface area contributed by atoms with Gasteiger partial charge in [-0.25, -0.2) is 0 Å². The molecule has 7 heteroatoms. The molecule has 0 aliphatic heterocycles. The van der Waals surface area contributed by atoms with Crippen molar-refractivity contribution in [2.75, 3.05) is 13.7 Å². The van der Waals surface area contributed by atoms with E-state index in [4.69, 9.17) is 15.6 Å². The Labute approximate surface area is 194 Å². The van der Waals surface area contributed by atoms with E-state index in [1.807, 2.05) is 60.7 Å². The summed E-state index contributed by atoms with van der Waals surface area (Å²) in [6, 6.07) is 21.2. The Bertz CT molecular complexity index is 1050. The molecule has 0 atom stereocenters. The van der Waals surface area contributed by atoms with Gasteiger partial charge in [0.15, 0.2) is 0 Å². The molecule has 3 aromatic rings. The number of pyridine rings is 1. The summed E-state index contributed by atoms with van der Waals surface area (Å²) in [5.41, 5.74) is 2.90. The van der Waals surface area contributed by atoms with Crippen LogP contribution in [0.15, 0.2) is 79.1 Å². The van der Waals surface area contributed by atoms with Crippen LogP contribution >= 0.6 is 0 Å². The standard InChI is InChI=1S/C26H29N5O2/c1-33-23-12-9-21(10-13-23)19-31(24(27)14-11-20-6-3-2-4-7-20)25(28)18-30-26(32)16-22-8-5-15-29-17-22/h2-10,12-13,15,17,27-28H,11,14,16,18-19H2,1H3,(H,30,32). The molecule has 33 heavy (non-hydrogen) atoms. The highest BCUT2D eigenvalue weighted by Crippen LogP contribution is 2.15. The Hall–Kier alpha value is -4.00. The third kappa shape index (κ3) is 7.57. The fourth-order valence-electron chi connectivity index (χ4n) is 3.34. The fourth-order valence-corrected chi connectivity index (χ4v) is 3.34. The summed E-state index contributed by atoms with van der Waals surface area (Å²) in [4.78, 5) is 18.0. The molecule has 0 radical (unpaired) electrons. The predicted octanol–water partition coefficient (Wildman–Crippen LogP) is 3.84. The minimum absolute atomic E-state index is 0.0446. The van der Waals surface area contributed by atoms with Crippen molar-refractivity contribution < 1.29 is 9.53 Å². The molecule has 0 spiro atoms. The highest BCUT2D eigenvalue weighted by atomic mass is 16.5. The molecule has 0 aliphatic carbocycles. The molecule has 0 aliphatic rings. The number of carbonyl (C=O) groups excluding carboxylic acids is 1. The molecule has 0 fully saturated rings. The summed E-state index contributed by atoms with van der Waals surface area (Å²) >= 11 is 0. The first-order valence-corrected chi connectivity index (χ1v) is 10.8. The van der Waals surface area contributed by atoms with E-state index < -0.39 is 0 Å². The van der Waals surface area contributed by atoms with Crippen molar-refractivity contribution in [1.29, 1.82) is 10.8 Å². The quantitative estimate of drug-likeness (QED) is 0.327. The first-order valence-electron chi connectivity index (χ1n) is 10.8. The highest BCUT2D eigenvalue weighted by Gasteiger charge is 2.17. The number of hydrogen-bond acceptors (Lipinski definition) is 5. The molecule has 3 N–H and O–H groups in total. The second-order valence-corrected chi connectivity index (χ2v) is 7.63. The Morgan fingerprint density at radius 3 is 2.33 bits per heavy atom. The van der Waals surface area contributed by atoms with E-state index in [1.54, 1.807) is 30.5 Å². The monoisotopic (exact) mass is 443 g/mol. The van der Waals surface area contributed by atoms with Crippen molar-refractivity contribution in [2.45, 2.75) is 25.8 Å². The van der Waals surface area contributed by atoms with Gasteiger partial charge in [-0.2, -0.15) is 0 Å². The van der Waals surface area contributed by atoms with Crippen LogP contribution in [0, 0.1) is 10.8 Å². The number of aryl methyl sites for hydroxylation is 1. The largest absolute Gasteiger partial charge is 0.497 e. The average molecular weight is 444 g/mol. The number of aromatic nitrogens is 1. The lowest BCUT2D eigenvalue weighted by atomic mass is 10.1. The van der Waals surface area contributed by atoms with E-state index in [1.165, 1.54) is 0 Å². The lowest BCUT2D eigenvalue weighted by molar-refractivity contribution is -0.120. The lowest BCUT2D eigenvalue weighted by Crippen LogP contribution is -2.42. The smallest absolute Gasteiger partial charge is 0.224 e. The van der Waals surface area contributed by atoms with Crippen LogP contribution < -0.4 is 10.1 Å². The van der Waals surface area contributed by atoms with Crippen molar-refractivity contribution in [2.24, 2.45) is 0 Å². The first-order chi connectivity index (χ1) is 16.0. The first kappa shape index (κ1) is 23.7. The normalized spacial score (nSPS) is 10.3. The van der Waals surface area contributed by atoms with Gasteiger partial charge in [0.1, 0.15) is 17.4 Å². The van der Waals surface area contributed by atoms with Crippen LogP contribution in [0.3, 0.4) is 0 Å². The molecule has 0 saturated heterocycles. The molecule has 1 amide bonds. The summed E-state index contributed by atoms with van der Waals surface area (Å²) < 4.78 is 5.22. The van der Waals surface area contributed by atoms with E-state index in [0.29, 0.717) is 25.2 Å². The van der Waals surface area contributed by atoms with Crippen molar-refractivity contribution >= 4 is 17.6 Å². The molecule has 0 bridgehead atoms. The van der Waals surface area contributed by atoms with Gasteiger partial charge in [0.05, 0.1) is 26.6 Å². The van der Waals surface area contributed by atoms with Crippen LogP contribution in [0.4, 0.5) is 0 Å². The van der Waals surface area contributed by atoms with Gasteiger partial charge in [0.25, 0.3) is 0 Å². The Morgan fingerprint density at radius 2 is 1.67 bits per heavy atom. The molecular formula is C26H29N5O2. The van der Waals surface area contributed by atoms with E-state index in [9.17, 15) is 4.79 Å². The molecule has 0 saturated carbocycles. The number of methoxy groups -OCH3 is 1. The van der Waals surface area contributed by atoms with Crippen LogP contribution in [-0.4, -0.2) is 41.1 Å². The van der Waals surface area contributed by atoms with Crippen LogP contribution in [0.1, 0.15) is 23.1 Å². The maximum atomic E-state index is 12.3. The number of benzene rings is 2. The number of amidine groups is 2. The van der Waals surface area contributed by atoms with Gasteiger partial charge < -0.3 is 15.0 Å². The number of nitrogens with zero attached hydrogens (tertiary/aromatic N) is 2. The van der Waals surface area contributed by atoms with Crippen molar-refractivity contribution in [3.8, 4) is 5.75 Å². The molecular weight excluding hydrogens is 414 g/mol. The third-order valence-electron chi connectivity index (χ3n) is 5.19. The van der Waals surface area contributed by atoms with Gasteiger partial charge in [-0.3, -0.25) is 20.6 Å². The van der Waals surface area contributed by atoms with E-state index in [0.717, 1.165) is 22.4 Å². The predicted molar refractivity (Wildman–Crippen MR) is 130 cm³/mol. The lowest BCUT2D eigenvalue weighted by Gasteiger charge is -2.26. The Morgan fingerprint density at radius 1 is 0.939 bits per heavy atom. The van der Waals surface area contributed by atoms with Gasteiger partial charge >= 0.3 is 0 Å².